The van der Waals surface area contributed by atoms with Gasteiger partial charge in [-0.3, -0.25) is 4.79 Å². The molecule has 1 aromatic rings. The van der Waals surface area contributed by atoms with Gasteiger partial charge in [-0.25, -0.2) is 4.39 Å². The average Bonchev–Trinajstić information content (AvgIpc) is 2.86. The number of nitrogens with zero attached hydrogens (tertiary/aromatic N) is 1. The van der Waals surface area contributed by atoms with E-state index in [1.165, 1.54) is 25.3 Å². The zero-order valence-corrected chi connectivity index (χ0v) is 10.4. The van der Waals surface area contributed by atoms with Crippen molar-refractivity contribution >= 4 is 5.91 Å². The molecule has 1 fully saturated rings. The Morgan fingerprint density at radius 1 is 1.61 bits per heavy atom. The zero-order chi connectivity index (χ0) is 13.1. The SMILES string of the molecule is COc1ccc(F)cc1C(=O)N1CCCC1CN. The largest absolute Gasteiger partial charge is 0.496 e. The van der Waals surface area contributed by atoms with Crippen LogP contribution >= 0.6 is 0 Å². The molecular formula is C13H17FN2O2. The average molecular weight is 252 g/mol. The van der Waals surface area contributed by atoms with Gasteiger partial charge < -0.3 is 15.4 Å². The van der Waals surface area contributed by atoms with Crippen molar-refractivity contribution < 1.29 is 13.9 Å². The summed E-state index contributed by atoms with van der Waals surface area (Å²) in [6.07, 6.45) is 1.84. The summed E-state index contributed by atoms with van der Waals surface area (Å²) in [4.78, 5) is 14.1. The maximum Gasteiger partial charge on any atom is 0.258 e. The Morgan fingerprint density at radius 3 is 3.06 bits per heavy atom. The summed E-state index contributed by atoms with van der Waals surface area (Å²) in [6.45, 7) is 1.10. The zero-order valence-electron chi connectivity index (χ0n) is 10.4. The van der Waals surface area contributed by atoms with E-state index in [1.807, 2.05) is 0 Å². The molecular weight excluding hydrogens is 235 g/mol. The fraction of sp³-hybridized carbons (Fsp3) is 0.462. The van der Waals surface area contributed by atoms with Gasteiger partial charge in [-0.05, 0) is 31.0 Å². The minimum Gasteiger partial charge on any atom is -0.496 e. The van der Waals surface area contributed by atoms with Crippen molar-refractivity contribution in [3.8, 4) is 5.75 Å². The van der Waals surface area contributed by atoms with Crippen LogP contribution in [0.15, 0.2) is 18.2 Å². The van der Waals surface area contributed by atoms with Crippen molar-refractivity contribution in [2.75, 3.05) is 20.2 Å². The van der Waals surface area contributed by atoms with E-state index >= 15 is 0 Å². The number of carbonyl (C=O) groups excluding carboxylic acids is 1. The Labute approximate surface area is 106 Å². The van der Waals surface area contributed by atoms with Crippen molar-refractivity contribution in [2.24, 2.45) is 5.73 Å². The predicted molar refractivity (Wildman–Crippen MR) is 66.1 cm³/mol. The summed E-state index contributed by atoms with van der Waals surface area (Å²) < 4.78 is 18.4. The number of hydrogen-bond acceptors (Lipinski definition) is 3. The second-order valence-electron chi connectivity index (χ2n) is 4.37. The summed E-state index contributed by atoms with van der Waals surface area (Å²) >= 11 is 0. The molecule has 1 aliphatic rings. The Hall–Kier alpha value is -1.62. The van der Waals surface area contributed by atoms with Crippen LogP contribution < -0.4 is 10.5 Å². The van der Waals surface area contributed by atoms with E-state index in [0.29, 0.717) is 18.8 Å². The molecule has 0 spiro atoms. The number of likely N-dealkylation sites (tertiary alicyclic amines) is 1. The highest BCUT2D eigenvalue weighted by molar-refractivity contribution is 5.97. The van der Waals surface area contributed by atoms with Crippen LogP contribution in [0.25, 0.3) is 0 Å². The van der Waals surface area contributed by atoms with Crippen molar-refractivity contribution in [3.05, 3.63) is 29.6 Å². The number of benzene rings is 1. The fourth-order valence-corrected chi connectivity index (χ4v) is 2.35. The minimum absolute atomic E-state index is 0.0467. The van der Waals surface area contributed by atoms with E-state index in [-0.39, 0.29) is 17.5 Å². The highest BCUT2D eigenvalue weighted by Gasteiger charge is 2.30. The fourth-order valence-electron chi connectivity index (χ4n) is 2.35. The van der Waals surface area contributed by atoms with Crippen LogP contribution in [0.2, 0.25) is 0 Å². The van der Waals surface area contributed by atoms with Gasteiger partial charge in [-0.1, -0.05) is 0 Å². The lowest BCUT2D eigenvalue weighted by atomic mass is 10.1. The molecule has 0 bridgehead atoms. The molecule has 98 valence electrons. The molecule has 5 heteroatoms. The van der Waals surface area contributed by atoms with E-state index in [9.17, 15) is 9.18 Å². The highest BCUT2D eigenvalue weighted by Crippen LogP contribution is 2.25. The van der Waals surface area contributed by atoms with Crippen LogP contribution in [0.1, 0.15) is 23.2 Å². The molecule has 1 aromatic carbocycles. The second-order valence-corrected chi connectivity index (χ2v) is 4.37. The Bertz CT molecular complexity index is 451. The Kier molecular flexibility index (Phi) is 3.81. The number of ether oxygens (including phenoxy) is 1. The maximum atomic E-state index is 13.3. The van der Waals surface area contributed by atoms with Gasteiger partial charge in [0.15, 0.2) is 0 Å². The van der Waals surface area contributed by atoms with Crippen molar-refractivity contribution in [1.29, 1.82) is 0 Å². The molecule has 0 radical (unpaired) electrons. The number of rotatable bonds is 3. The predicted octanol–water partition coefficient (Wildman–Crippen LogP) is 1.40. The van der Waals surface area contributed by atoms with Crippen LogP contribution in [0.3, 0.4) is 0 Å². The number of amides is 1. The normalized spacial score (nSPS) is 19.1. The van der Waals surface area contributed by atoms with Crippen LogP contribution in [0.4, 0.5) is 4.39 Å². The molecule has 2 rings (SSSR count). The quantitative estimate of drug-likeness (QED) is 0.884. The number of halogens is 1. The number of hydrogen-bond donors (Lipinski definition) is 1. The first-order valence-electron chi connectivity index (χ1n) is 6.02. The summed E-state index contributed by atoms with van der Waals surface area (Å²) in [5.74, 6) is -0.258. The standard InChI is InChI=1S/C13H17FN2O2/c1-18-12-5-4-9(14)7-11(12)13(17)16-6-2-3-10(16)8-15/h4-5,7,10H,2-3,6,8,15H2,1H3. The van der Waals surface area contributed by atoms with Crippen LogP contribution in [0, 0.1) is 5.82 Å². The van der Waals surface area contributed by atoms with Crippen molar-refractivity contribution in [2.45, 2.75) is 18.9 Å². The van der Waals surface area contributed by atoms with E-state index < -0.39 is 5.82 Å². The molecule has 0 aliphatic carbocycles. The first kappa shape index (κ1) is 12.8. The summed E-state index contributed by atoms with van der Waals surface area (Å²) in [5, 5.41) is 0. The van der Waals surface area contributed by atoms with E-state index in [0.717, 1.165) is 12.8 Å². The van der Waals surface area contributed by atoms with Gasteiger partial charge in [0.1, 0.15) is 11.6 Å². The lowest BCUT2D eigenvalue weighted by Crippen LogP contribution is -2.40. The molecule has 0 aromatic heterocycles. The van der Waals surface area contributed by atoms with Crippen molar-refractivity contribution in [1.82, 2.24) is 4.90 Å². The minimum atomic E-state index is -0.442. The molecule has 1 unspecified atom stereocenters. The molecule has 1 heterocycles. The maximum absolute atomic E-state index is 13.3. The van der Waals surface area contributed by atoms with E-state index in [4.69, 9.17) is 10.5 Å². The smallest absolute Gasteiger partial charge is 0.258 e. The molecule has 18 heavy (non-hydrogen) atoms. The Balaban J connectivity index is 2.30. The molecule has 1 amide bonds. The van der Waals surface area contributed by atoms with Gasteiger partial charge in [0.05, 0.1) is 12.7 Å². The summed E-state index contributed by atoms with van der Waals surface area (Å²) in [7, 11) is 1.47. The van der Waals surface area contributed by atoms with Crippen LogP contribution in [-0.2, 0) is 0 Å². The molecule has 1 atom stereocenters. The first-order chi connectivity index (χ1) is 8.67. The van der Waals surface area contributed by atoms with Gasteiger partial charge in [-0.15, -0.1) is 0 Å². The summed E-state index contributed by atoms with van der Waals surface area (Å²) in [5.41, 5.74) is 5.90. The van der Waals surface area contributed by atoms with E-state index in [1.54, 1.807) is 4.90 Å². The Morgan fingerprint density at radius 2 is 2.39 bits per heavy atom. The third-order valence-corrected chi connectivity index (χ3v) is 3.30. The van der Waals surface area contributed by atoms with Gasteiger partial charge in [0.25, 0.3) is 5.91 Å². The molecule has 1 saturated heterocycles. The number of carbonyl (C=O) groups is 1. The molecule has 2 N–H and O–H groups in total. The molecule has 4 nitrogen and oxygen atoms in total. The van der Waals surface area contributed by atoms with Crippen LogP contribution in [0.5, 0.6) is 5.75 Å². The third kappa shape index (κ3) is 2.31. The molecule has 1 aliphatic heterocycles. The van der Waals surface area contributed by atoms with Gasteiger partial charge >= 0.3 is 0 Å². The van der Waals surface area contributed by atoms with E-state index in [2.05, 4.69) is 0 Å². The third-order valence-electron chi connectivity index (χ3n) is 3.30. The first-order valence-corrected chi connectivity index (χ1v) is 6.02. The lowest BCUT2D eigenvalue weighted by molar-refractivity contribution is 0.0737. The number of methoxy groups -OCH3 is 1. The summed E-state index contributed by atoms with van der Waals surface area (Å²) in [6, 6.07) is 4.01. The van der Waals surface area contributed by atoms with Crippen LogP contribution in [-0.4, -0.2) is 37.0 Å². The van der Waals surface area contributed by atoms with Gasteiger partial charge in [0.2, 0.25) is 0 Å². The number of nitrogens with two attached hydrogens (primary N) is 1. The second kappa shape index (κ2) is 5.35. The highest BCUT2D eigenvalue weighted by atomic mass is 19.1. The lowest BCUT2D eigenvalue weighted by Gasteiger charge is -2.24. The monoisotopic (exact) mass is 252 g/mol. The topological polar surface area (TPSA) is 55.6 Å². The van der Waals surface area contributed by atoms with Crippen molar-refractivity contribution in [3.63, 3.8) is 0 Å². The molecule has 0 saturated carbocycles. The van der Waals surface area contributed by atoms with Gasteiger partial charge in [-0.2, -0.15) is 0 Å². The van der Waals surface area contributed by atoms with Gasteiger partial charge in [0, 0.05) is 19.1 Å².